The number of aryl methyl sites for hydroxylation is 3. The summed E-state index contributed by atoms with van der Waals surface area (Å²) in [6.07, 6.45) is 0.0875. The van der Waals surface area contributed by atoms with E-state index in [-0.39, 0.29) is 16.2 Å². The molecule has 0 saturated carbocycles. The summed E-state index contributed by atoms with van der Waals surface area (Å²) >= 11 is 0. The highest BCUT2D eigenvalue weighted by atomic mass is 32.2. The number of hydrogen-bond acceptors (Lipinski definition) is 5. The lowest BCUT2D eigenvalue weighted by Gasteiger charge is -2.14. The van der Waals surface area contributed by atoms with Gasteiger partial charge in [0.1, 0.15) is 0 Å². The molecule has 138 valence electrons. The van der Waals surface area contributed by atoms with Crippen molar-refractivity contribution >= 4 is 21.6 Å². The smallest absolute Gasteiger partial charge is 0.339 e. The maximum absolute atomic E-state index is 12.5. The molecule has 2 aromatic carbocycles. The number of ether oxygens (including phenoxy) is 1. The van der Waals surface area contributed by atoms with Gasteiger partial charge in [-0.2, -0.15) is 0 Å². The highest BCUT2D eigenvalue weighted by molar-refractivity contribution is 7.90. The molecule has 0 radical (unpaired) electrons. The van der Waals surface area contributed by atoms with E-state index < -0.39 is 21.9 Å². The third kappa shape index (κ3) is 4.38. The molecule has 0 aliphatic carbocycles. The highest BCUT2D eigenvalue weighted by Gasteiger charge is 2.22. The lowest BCUT2D eigenvalue weighted by atomic mass is 10.0. The molecule has 0 N–H and O–H groups in total. The van der Waals surface area contributed by atoms with Crippen LogP contribution in [-0.2, 0) is 14.6 Å². The average molecular weight is 374 g/mol. The maximum Gasteiger partial charge on any atom is 0.339 e. The van der Waals surface area contributed by atoms with Crippen LogP contribution in [-0.4, -0.2) is 32.5 Å². The molecule has 2 aromatic rings. The third-order valence-electron chi connectivity index (χ3n) is 4.30. The molecule has 0 spiro atoms. The molecular weight excluding hydrogens is 352 g/mol. The van der Waals surface area contributed by atoms with E-state index in [2.05, 4.69) is 0 Å². The first-order valence-corrected chi connectivity index (χ1v) is 10.0. The minimum Gasteiger partial charge on any atom is -0.451 e. The summed E-state index contributed by atoms with van der Waals surface area (Å²) in [4.78, 5) is 25.0. The fourth-order valence-electron chi connectivity index (χ4n) is 2.46. The second-order valence-electron chi connectivity index (χ2n) is 6.46. The number of hydrogen-bond donors (Lipinski definition) is 0. The monoisotopic (exact) mass is 374 g/mol. The van der Waals surface area contributed by atoms with Crippen LogP contribution >= 0.6 is 0 Å². The molecule has 26 heavy (non-hydrogen) atoms. The second kappa shape index (κ2) is 7.41. The molecule has 0 fully saturated rings. The minimum absolute atomic E-state index is 0.0307. The van der Waals surface area contributed by atoms with Crippen molar-refractivity contribution in [1.82, 2.24) is 0 Å². The van der Waals surface area contributed by atoms with Crippen LogP contribution in [0.15, 0.2) is 41.3 Å². The second-order valence-corrected chi connectivity index (χ2v) is 8.48. The van der Waals surface area contributed by atoms with Crippen molar-refractivity contribution in [2.24, 2.45) is 0 Å². The SMILES string of the molecule is Cc1ccc(C(=O)[C@H](C)OC(=O)c2cc(S(C)(=O)=O)ccc2C)cc1C. The van der Waals surface area contributed by atoms with E-state index in [1.54, 1.807) is 25.1 Å². The Hall–Kier alpha value is -2.47. The van der Waals surface area contributed by atoms with Gasteiger partial charge in [0.15, 0.2) is 15.9 Å². The fourth-order valence-corrected chi connectivity index (χ4v) is 3.11. The Balaban J connectivity index is 2.23. The Labute approximate surface area is 153 Å². The first kappa shape index (κ1) is 19.8. The largest absolute Gasteiger partial charge is 0.451 e. The van der Waals surface area contributed by atoms with Gasteiger partial charge in [-0.25, -0.2) is 13.2 Å². The Morgan fingerprint density at radius 2 is 1.54 bits per heavy atom. The van der Waals surface area contributed by atoms with Gasteiger partial charge >= 0.3 is 5.97 Å². The zero-order valence-electron chi connectivity index (χ0n) is 15.5. The third-order valence-corrected chi connectivity index (χ3v) is 5.41. The van der Waals surface area contributed by atoms with Gasteiger partial charge < -0.3 is 4.74 Å². The zero-order valence-corrected chi connectivity index (χ0v) is 16.3. The van der Waals surface area contributed by atoms with Gasteiger partial charge in [-0.15, -0.1) is 0 Å². The topological polar surface area (TPSA) is 77.5 Å². The number of ketones is 1. The Bertz CT molecular complexity index is 974. The molecule has 0 aliphatic rings. The van der Waals surface area contributed by atoms with E-state index in [1.807, 2.05) is 19.9 Å². The van der Waals surface area contributed by atoms with Crippen molar-refractivity contribution in [3.05, 3.63) is 64.2 Å². The van der Waals surface area contributed by atoms with Crippen molar-refractivity contribution < 1.29 is 22.7 Å². The van der Waals surface area contributed by atoms with E-state index >= 15 is 0 Å². The number of carbonyl (C=O) groups is 2. The molecule has 0 aromatic heterocycles. The quantitative estimate of drug-likeness (QED) is 0.592. The number of Topliss-reactive ketones (excluding diaryl/α,β-unsaturated/α-hetero) is 1. The average Bonchev–Trinajstić information content (AvgIpc) is 2.55. The molecule has 2 rings (SSSR count). The summed E-state index contributed by atoms with van der Waals surface area (Å²) < 4.78 is 28.7. The van der Waals surface area contributed by atoms with Gasteiger partial charge in [-0.3, -0.25) is 4.79 Å². The van der Waals surface area contributed by atoms with Crippen LogP contribution in [0.25, 0.3) is 0 Å². The normalized spacial score (nSPS) is 12.5. The van der Waals surface area contributed by atoms with E-state index in [1.165, 1.54) is 19.1 Å². The molecule has 0 heterocycles. The van der Waals surface area contributed by atoms with Crippen LogP contribution in [0.1, 0.15) is 44.3 Å². The summed E-state index contributed by atoms with van der Waals surface area (Å²) in [7, 11) is -3.45. The van der Waals surface area contributed by atoms with Crippen molar-refractivity contribution in [2.75, 3.05) is 6.26 Å². The summed E-state index contributed by atoms with van der Waals surface area (Å²) in [5, 5.41) is 0. The number of benzene rings is 2. The highest BCUT2D eigenvalue weighted by Crippen LogP contribution is 2.18. The van der Waals surface area contributed by atoms with Crippen molar-refractivity contribution in [2.45, 2.75) is 38.7 Å². The Morgan fingerprint density at radius 1 is 0.923 bits per heavy atom. The van der Waals surface area contributed by atoms with Crippen LogP contribution in [0.3, 0.4) is 0 Å². The van der Waals surface area contributed by atoms with Crippen LogP contribution in [0.5, 0.6) is 0 Å². The van der Waals surface area contributed by atoms with E-state index in [9.17, 15) is 18.0 Å². The molecule has 1 atom stereocenters. The van der Waals surface area contributed by atoms with Gasteiger partial charge in [0.2, 0.25) is 5.78 Å². The van der Waals surface area contributed by atoms with Crippen molar-refractivity contribution in [3.63, 3.8) is 0 Å². The van der Waals surface area contributed by atoms with E-state index in [4.69, 9.17) is 4.74 Å². The summed E-state index contributed by atoms with van der Waals surface area (Å²) in [6, 6.07) is 9.56. The maximum atomic E-state index is 12.5. The predicted molar refractivity (Wildman–Crippen MR) is 99.4 cm³/mol. The lowest BCUT2D eigenvalue weighted by Crippen LogP contribution is -2.25. The molecule has 0 aliphatic heterocycles. The molecule has 0 saturated heterocycles. The van der Waals surface area contributed by atoms with Gasteiger partial charge in [0.05, 0.1) is 10.5 Å². The van der Waals surface area contributed by atoms with Gasteiger partial charge in [-0.05, 0) is 62.6 Å². The zero-order chi connectivity index (χ0) is 19.6. The standard InChI is InChI=1S/C20H22O5S/c1-12-6-8-16(10-14(12)3)19(21)15(4)25-20(22)18-11-17(26(5,23)24)9-7-13(18)2/h6-11,15H,1-5H3/t15-/m0/s1. The van der Waals surface area contributed by atoms with Gasteiger partial charge in [0.25, 0.3) is 0 Å². The number of sulfone groups is 1. The fraction of sp³-hybridized carbons (Fsp3) is 0.300. The van der Waals surface area contributed by atoms with Crippen molar-refractivity contribution in [1.29, 1.82) is 0 Å². The molecule has 0 amide bonds. The number of rotatable bonds is 5. The minimum atomic E-state index is -3.45. The van der Waals surface area contributed by atoms with E-state index in [0.29, 0.717) is 11.1 Å². The molecule has 0 unspecified atom stereocenters. The van der Waals surface area contributed by atoms with Gasteiger partial charge in [-0.1, -0.05) is 18.2 Å². The first-order chi connectivity index (χ1) is 12.0. The summed E-state index contributed by atoms with van der Waals surface area (Å²) in [6.45, 7) is 7.04. The molecule has 0 bridgehead atoms. The molecule has 6 heteroatoms. The number of carbonyl (C=O) groups excluding carboxylic acids is 2. The van der Waals surface area contributed by atoms with Crippen LogP contribution in [0.4, 0.5) is 0 Å². The van der Waals surface area contributed by atoms with Gasteiger partial charge in [0, 0.05) is 11.8 Å². The van der Waals surface area contributed by atoms with Crippen LogP contribution in [0, 0.1) is 20.8 Å². The van der Waals surface area contributed by atoms with Crippen LogP contribution < -0.4 is 0 Å². The Morgan fingerprint density at radius 3 is 2.12 bits per heavy atom. The predicted octanol–water partition coefficient (Wildman–Crippen LogP) is 3.44. The Kier molecular flexibility index (Phi) is 5.66. The van der Waals surface area contributed by atoms with Crippen LogP contribution in [0.2, 0.25) is 0 Å². The molecular formula is C20H22O5S. The summed E-state index contributed by atoms with van der Waals surface area (Å²) in [5.74, 6) is -1.03. The van der Waals surface area contributed by atoms with Crippen molar-refractivity contribution in [3.8, 4) is 0 Å². The molecule has 5 nitrogen and oxygen atoms in total. The lowest BCUT2D eigenvalue weighted by molar-refractivity contribution is 0.0318. The summed E-state index contributed by atoms with van der Waals surface area (Å²) in [5.41, 5.74) is 3.22. The first-order valence-electron chi connectivity index (χ1n) is 8.14. The number of esters is 1. The van der Waals surface area contributed by atoms with E-state index in [0.717, 1.165) is 17.4 Å².